The molecule has 5 heteroatoms. The Bertz CT molecular complexity index is 764. The summed E-state index contributed by atoms with van der Waals surface area (Å²) in [5.74, 6) is 0. The molecule has 4 nitrogen and oxygen atoms in total. The number of hydrogen-bond acceptors (Lipinski definition) is 2. The van der Waals surface area contributed by atoms with Crippen molar-refractivity contribution in [2.24, 2.45) is 4.40 Å². The fraction of sp³-hybridized carbons (Fsp3) is 0.235. The minimum absolute atomic E-state index is 0.218. The van der Waals surface area contributed by atoms with E-state index in [0.717, 1.165) is 11.1 Å². The second-order valence-corrected chi connectivity index (χ2v) is 7.10. The van der Waals surface area contributed by atoms with Gasteiger partial charge in [-0.1, -0.05) is 42.0 Å². The van der Waals surface area contributed by atoms with E-state index in [2.05, 4.69) is 28.7 Å². The van der Waals surface area contributed by atoms with Crippen LogP contribution in [0.25, 0.3) is 0 Å². The molecule has 0 aliphatic carbocycles. The first-order valence-electron chi connectivity index (χ1n) is 6.98. The molecule has 0 saturated heterocycles. The molecule has 116 valence electrons. The Balaban J connectivity index is 2.25. The summed E-state index contributed by atoms with van der Waals surface area (Å²) >= 11 is 0. The minimum Gasteiger partial charge on any atom is -0.368 e. The van der Waals surface area contributed by atoms with Crippen molar-refractivity contribution in [3.05, 3.63) is 65.2 Å². The quantitative estimate of drug-likeness (QED) is 0.629. The van der Waals surface area contributed by atoms with Gasteiger partial charge in [0.15, 0.2) is 0 Å². The molecular formula is C17H20N2O2S. The molecular weight excluding hydrogens is 296 g/mol. The molecule has 0 amide bonds. The minimum atomic E-state index is -3.65. The van der Waals surface area contributed by atoms with E-state index in [1.54, 1.807) is 37.2 Å². The lowest BCUT2D eigenvalue weighted by Crippen LogP contribution is -2.10. The van der Waals surface area contributed by atoms with Crippen LogP contribution in [0.15, 0.2) is 57.8 Å². The maximum absolute atomic E-state index is 12.2. The first-order chi connectivity index (χ1) is 10.4. The second-order valence-electron chi connectivity index (χ2n) is 5.47. The van der Waals surface area contributed by atoms with Gasteiger partial charge in [0.1, 0.15) is 6.34 Å². The van der Waals surface area contributed by atoms with Crippen LogP contribution in [-0.4, -0.2) is 33.8 Å². The first-order valence-corrected chi connectivity index (χ1v) is 8.42. The molecule has 0 saturated carbocycles. The summed E-state index contributed by atoms with van der Waals surface area (Å²) in [6.07, 6.45) is 1.99. The zero-order valence-corrected chi connectivity index (χ0v) is 13.8. The Hall–Kier alpha value is -2.14. The molecule has 0 bridgehead atoms. The molecule has 2 aromatic carbocycles. The Morgan fingerprint density at radius 2 is 1.73 bits per heavy atom. The van der Waals surface area contributed by atoms with E-state index in [9.17, 15) is 8.42 Å². The standard InChI is InChI=1S/C17H20N2O2S/c1-14-7-9-15(10-8-14)11-16-5-4-6-17(12-16)22(20,21)18-13-19(2)3/h4-10,12-13H,11H2,1-3H3. The van der Waals surface area contributed by atoms with Crippen molar-refractivity contribution in [2.45, 2.75) is 18.2 Å². The molecule has 0 aliphatic rings. The average molecular weight is 316 g/mol. The fourth-order valence-corrected chi connectivity index (χ4v) is 2.96. The van der Waals surface area contributed by atoms with Crippen LogP contribution in [0.3, 0.4) is 0 Å². The molecule has 0 fully saturated rings. The smallest absolute Gasteiger partial charge is 0.283 e. The maximum Gasteiger partial charge on any atom is 0.283 e. The van der Waals surface area contributed by atoms with Gasteiger partial charge < -0.3 is 4.90 Å². The highest BCUT2D eigenvalue weighted by Gasteiger charge is 2.12. The lowest BCUT2D eigenvalue weighted by Gasteiger charge is -2.06. The van der Waals surface area contributed by atoms with Crippen molar-refractivity contribution in [2.75, 3.05) is 14.1 Å². The van der Waals surface area contributed by atoms with Gasteiger partial charge in [0.2, 0.25) is 0 Å². The molecule has 2 aromatic rings. The van der Waals surface area contributed by atoms with Gasteiger partial charge >= 0.3 is 0 Å². The van der Waals surface area contributed by atoms with Gasteiger partial charge in [-0.3, -0.25) is 0 Å². The highest BCUT2D eigenvalue weighted by atomic mass is 32.2. The lowest BCUT2D eigenvalue weighted by atomic mass is 10.0. The van der Waals surface area contributed by atoms with Crippen molar-refractivity contribution in [1.29, 1.82) is 0 Å². The third kappa shape index (κ3) is 4.43. The van der Waals surface area contributed by atoms with Crippen LogP contribution in [-0.2, 0) is 16.4 Å². The molecule has 2 rings (SSSR count). The Morgan fingerprint density at radius 1 is 1.05 bits per heavy atom. The van der Waals surface area contributed by atoms with E-state index in [4.69, 9.17) is 0 Å². The highest BCUT2D eigenvalue weighted by molar-refractivity contribution is 7.90. The van der Waals surface area contributed by atoms with Crippen molar-refractivity contribution in [3.63, 3.8) is 0 Å². The fourth-order valence-electron chi connectivity index (χ4n) is 1.97. The van der Waals surface area contributed by atoms with Gasteiger partial charge in [0.05, 0.1) is 4.90 Å². The van der Waals surface area contributed by atoms with Gasteiger partial charge in [-0.2, -0.15) is 8.42 Å². The summed E-state index contributed by atoms with van der Waals surface area (Å²) in [5, 5.41) is 0. The summed E-state index contributed by atoms with van der Waals surface area (Å²) in [6.45, 7) is 2.04. The van der Waals surface area contributed by atoms with Crippen LogP contribution in [0.2, 0.25) is 0 Å². The largest absolute Gasteiger partial charge is 0.368 e. The lowest BCUT2D eigenvalue weighted by molar-refractivity contribution is 0.594. The molecule has 0 radical (unpaired) electrons. The normalized spacial score (nSPS) is 11.8. The summed E-state index contributed by atoms with van der Waals surface area (Å²) in [7, 11) is -0.191. The van der Waals surface area contributed by atoms with Gasteiger partial charge in [-0.15, -0.1) is 4.40 Å². The number of aryl methyl sites for hydroxylation is 1. The Labute approximate surface area is 132 Å². The van der Waals surface area contributed by atoms with E-state index in [-0.39, 0.29) is 4.90 Å². The first kappa shape index (κ1) is 16.2. The zero-order chi connectivity index (χ0) is 16.2. The third-order valence-corrected chi connectivity index (χ3v) is 4.36. The molecule has 0 unspecified atom stereocenters. The van der Waals surface area contributed by atoms with E-state index in [1.165, 1.54) is 11.9 Å². The van der Waals surface area contributed by atoms with Crippen LogP contribution in [0.1, 0.15) is 16.7 Å². The number of hydrogen-bond donors (Lipinski definition) is 0. The zero-order valence-electron chi connectivity index (χ0n) is 13.0. The van der Waals surface area contributed by atoms with Crippen LogP contribution in [0.5, 0.6) is 0 Å². The van der Waals surface area contributed by atoms with Crippen molar-refractivity contribution in [1.82, 2.24) is 4.90 Å². The molecule has 0 heterocycles. The Kier molecular flexibility index (Phi) is 4.98. The average Bonchev–Trinajstić information content (AvgIpc) is 2.48. The van der Waals surface area contributed by atoms with E-state index in [0.29, 0.717) is 6.42 Å². The molecule has 0 atom stereocenters. The SMILES string of the molecule is Cc1ccc(Cc2cccc(S(=O)(=O)N=CN(C)C)c2)cc1. The van der Waals surface area contributed by atoms with Gasteiger partial charge in [-0.25, -0.2) is 0 Å². The highest BCUT2D eigenvalue weighted by Crippen LogP contribution is 2.17. The van der Waals surface area contributed by atoms with Gasteiger partial charge in [0.25, 0.3) is 10.0 Å². The molecule has 0 spiro atoms. The summed E-state index contributed by atoms with van der Waals surface area (Å²) in [4.78, 5) is 1.81. The molecule has 22 heavy (non-hydrogen) atoms. The predicted octanol–water partition coefficient (Wildman–Crippen LogP) is 2.86. The number of benzene rings is 2. The van der Waals surface area contributed by atoms with Crippen molar-refractivity contribution >= 4 is 16.4 Å². The molecule has 0 aliphatic heterocycles. The molecule has 0 N–H and O–H groups in total. The summed E-state index contributed by atoms with van der Waals surface area (Å²) < 4.78 is 28.0. The second kappa shape index (κ2) is 6.75. The predicted molar refractivity (Wildman–Crippen MR) is 89.8 cm³/mol. The van der Waals surface area contributed by atoms with Gasteiger partial charge in [-0.05, 0) is 36.6 Å². The maximum atomic E-state index is 12.2. The van der Waals surface area contributed by atoms with Crippen molar-refractivity contribution < 1.29 is 8.42 Å². The van der Waals surface area contributed by atoms with E-state index >= 15 is 0 Å². The van der Waals surface area contributed by atoms with Gasteiger partial charge in [0, 0.05) is 14.1 Å². The van der Waals surface area contributed by atoms with Crippen LogP contribution in [0.4, 0.5) is 0 Å². The van der Waals surface area contributed by atoms with Crippen LogP contribution >= 0.6 is 0 Å². The van der Waals surface area contributed by atoms with E-state index < -0.39 is 10.0 Å². The monoisotopic (exact) mass is 316 g/mol. The summed E-state index contributed by atoms with van der Waals surface area (Å²) in [5.41, 5.74) is 3.31. The van der Waals surface area contributed by atoms with E-state index in [1.807, 2.05) is 13.0 Å². The summed E-state index contributed by atoms with van der Waals surface area (Å²) in [6, 6.07) is 15.1. The van der Waals surface area contributed by atoms with Crippen LogP contribution in [0, 0.1) is 6.92 Å². The Morgan fingerprint density at radius 3 is 2.36 bits per heavy atom. The van der Waals surface area contributed by atoms with Crippen molar-refractivity contribution in [3.8, 4) is 0 Å². The number of sulfonamides is 1. The topological polar surface area (TPSA) is 49.7 Å². The third-order valence-electron chi connectivity index (χ3n) is 3.14. The number of rotatable bonds is 5. The number of nitrogens with zero attached hydrogens (tertiary/aromatic N) is 2. The van der Waals surface area contributed by atoms with Crippen LogP contribution < -0.4 is 0 Å². The molecule has 0 aromatic heterocycles.